The number of carboxylic acid groups (broad SMARTS) is 1. The third-order valence-corrected chi connectivity index (χ3v) is 5.62. The van der Waals surface area contributed by atoms with Crippen molar-refractivity contribution in [3.8, 4) is 0 Å². The molecule has 2 aliphatic rings. The van der Waals surface area contributed by atoms with Crippen LogP contribution in [-0.4, -0.2) is 40.2 Å². The maximum Gasteiger partial charge on any atom is 0.329 e. The minimum atomic E-state index is -1.06. The predicted molar refractivity (Wildman–Crippen MR) is 80.1 cm³/mol. The highest BCUT2D eigenvalue weighted by Gasteiger charge is 2.41. The molecule has 114 valence electrons. The highest BCUT2D eigenvalue weighted by molar-refractivity contribution is 7.99. The van der Waals surface area contributed by atoms with Crippen LogP contribution in [0.1, 0.15) is 51.4 Å². The highest BCUT2D eigenvalue weighted by Crippen LogP contribution is 2.30. The maximum atomic E-state index is 12.1. The van der Waals surface area contributed by atoms with Gasteiger partial charge in [-0.05, 0) is 38.4 Å². The molecular formula is C14H24N2O3S. The van der Waals surface area contributed by atoms with Crippen molar-refractivity contribution in [1.82, 2.24) is 10.6 Å². The minimum absolute atomic E-state index is 0.182. The Kier molecular flexibility index (Phi) is 5.18. The number of carboxylic acids is 1. The van der Waals surface area contributed by atoms with Crippen LogP contribution in [0.15, 0.2) is 0 Å². The highest BCUT2D eigenvalue weighted by atomic mass is 32.2. The van der Waals surface area contributed by atoms with Gasteiger partial charge in [0.2, 0.25) is 0 Å². The van der Waals surface area contributed by atoms with Crippen LogP contribution in [0.2, 0.25) is 0 Å². The average Bonchev–Trinajstić information content (AvgIpc) is 2.87. The van der Waals surface area contributed by atoms with E-state index < -0.39 is 11.5 Å². The number of urea groups is 1. The van der Waals surface area contributed by atoms with E-state index >= 15 is 0 Å². The fourth-order valence-corrected chi connectivity index (χ4v) is 4.07. The number of hydrogen-bond acceptors (Lipinski definition) is 3. The van der Waals surface area contributed by atoms with E-state index in [2.05, 4.69) is 16.9 Å². The minimum Gasteiger partial charge on any atom is -0.480 e. The first kappa shape index (κ1) is 15.5. The molecule has 0 aliphatic heterocycles. The predicted octanol–water partition coefficient (Wildman–Crippen LogP) is 2.36. The van der Waals surface area contributed by atoms with Gasteiger partial charge in [-0.3, -0.25) is 0 Å². The van der Waals surface area contributed by atoms with Crippen molar-refractivity contribution >= 4 is 23.8 Å². The summed E-state index contributed by atoms with van der Waals surface area (Å²) >= 11 is 1.84. The lowest BCUT2D eigenvalue weighted by molar-refractivity contribution is -0.145. The van der Waals surface area contributed by atoms with Gasteiger partial charge in [0.15, 0.2) is 0 Å². The summed E-state index contributed by atoms with van der Waals surface area (Å²) in [6, 6.07) is -0.136. The number of rotatable bonds is 4. The van der Waals surface area contributed by atoms with E-state index in [0.717, 1.165) is 38.5 Å². The molecule has 0 heterocycles. The van der Waals surface area contributed by atoms with Crippen LogP contribution in [0.5, 0.6) is 0 Å². The molecule has 0 aromatic carbocycles. The number of carbonyl (C=O) groups is 2. The van der Waals surface area contributed by atoms with Crippen LogP contribution in [0, 0.1) is 0 Å². The van der Waals surface area contributed by atoms with Gasteiger partial charge >= 0.3 is 12.0 Å². The van der Waals surface area contributed by atoms with Crippen molar-refractivity contribution in [2.75, 3.05) is 6.26 Å². The number of aliphatic carboxylic acids is 1. The average molecular weight is 300 g/mol. The molecule has 20 heavy (non-hydrogen) atoms. The van der Waals surface area contributed by atoms with Crippen molar-refractivity contribution in [2.45, 2.75) is 68.2 Å². The summed E-state index contributed by atoms with van der Waals surface area (Å²) < 4.78 is 0. The van der Waals surface area contributed by atoms with Crippen molar-refractivity contribution in [3.05, 3.63) is 0 Å². The first-order chi connectivity index (χ1) is 9.55. The quantitative estimate of drug-likeness (QED) is 0.745. The Morgan fingerprint density at radius 3 is 2.45 bits per heavy atom. The summed E-state index contributed by atoms with van der Waals surface area (Å²) in [4.78, 5) is 23.6. The Labute approximate surface area is 124 Å². The van der Waals surface area contributed by atoms with Gasteiger partial charge in [-0.25, -0.2) is 9.59 Å². The summed E-state index contributed by atoms with van der Waals surface area (Å²) in [6.45, 7) is 0. The van der Waals surface area contributed by atoms with Gasteiger partial charge < -0.3 is 15.7 Å². The van der Waals surface area contributed by atoms with E-state index in [4.69, 9.17) is 0 Å². The summed E-state index contributed by atoms with van der Waals surface area (Å²) in [5.41, 5.74) is -1.06. The Bertz CT molecular complexity index is 369. The molecule has 0 aromatic heterocycles. The lowest BCUT2D eigenvalue weighted by atomic mass is 9.82. The summed E-state index contributed by atoms with van der Waals surface area (Å²) in [7, 11) is 0. The molecule has 2 amide bonds. The monoisotopic (exact) mass is 300 g/mol. The van der Waals surface area contributed by atoms with Crippen LogP contribution >= 0.6 is 11.8 Å². The second-order valence-corrected chi connectivity index (χ2v) is 7.05. The lowest BCUT2D eigenvalue weighted by Gasteiger charge is -2.34. The molecule has 2 atom stereocenters. The number of carbonyl (C=O) groups excluding carboxylic acids is 1. The topological polar surface area (TPSA) is 78.4 Å². The number of thioether (sulfide) groups is 1. The molecule has 2 unspecified atom stereocenters. The molecule has 2 saturated carbocycles. The molecule has 0 bridgehead atoms. The van der Waals surface area contributed by atoms with Gasteiger partial charge in [-0.15, -0.1) is 0 Å². The molecule has 0 aromatic rings. The molecule has 0 saturated heterocycles. The maximum absolute atomic E-state index is 12.1. The van der Waals surface area contributed by atoms with Gasteiger partial charge in [-0.1, -0.05) is 19.3 Å². The molecule has 3 N–H and O–H groups in total. The molecule has 0 radical (unpaired) electrons. The van der Waals surface area contributed by atoms with Gasteiger partial charge in [0.25, 0.3) is 0 Å². The van der Waals surface area contributed by atoms with Gasteiger partial charge in [0.1, 0.15) is 5.54 Å². The largest absolute Gasteiger partial charge is 0.480 e. The van der Waals surface area contributed by atoms with Gasteiger partial charge in [0.05, 0.1) is 0 Å². The van der Waals surface area contributed by atoms with Crippen molar-refractivity contribution < 1.29 is 14.7 Å². The molecular weight excluding hydrogens is 276 g/mol. The summed E-state index contributed by atoms with van der Waals surface area (Å²) in [5, 5.41) is 15.7. The zero-order valence-electron chi connectivity index (χ0n) is 12.0. The third-order valence-electron chi connectivity index (χ3n) is 4.52. The molecule has 2 rings (SSSR count). The zero-order valence-corrected chi connectivity index (χ0v) is 12.8. The standard InChI is InChI=1S/C14H24N2O3S/c1-20-11-6-5-10(9-11)15-13(19)16-14(12(17)18)7-3-2-4-8-14/h10-11H,2-9H2,1H3,(H,17,18)(H2,15,16,19). The Morgan fingerprint density at radius 1 is 1.20 bits per heavy atom. The van der Waals surface area contributed by atoms with E-state index in [1.165, 1.54) is 0 Å². The van der Waals surface area contributed by atoms with Crippen LogP contribution < -0.4 is 10.6 Å². The Morgan fingerprint density at radius 2 is 1.90 bits per heavy atom. The molecule has 2 fully saturated rings. The van der Waals surface area contributed by atoms with Crippen molar-refractivity contribution in [3.63, 3.8) is 0 Å². The molecule has 6 heteroatoms. The van der Waals surface area contributed by atoms with Crippen LogP contribution in [0.25, 0.3) is 0 Å². The Balaban J connectivity index is 1.87. The van der Waals surface area contributed by atoms with Gasteiger partial charge in [0, 0.05) is 11.3 Å². The zero-order chi connectivity index (χ0) is 14.6. The van der Waals surface area contributed by atoms with Crippen molar-refractivity contribution in [1.29, 1.82) is 0 Å². The fourth-order valence-electron chi connectivity index (χ4n) is 3.27. The lowest BCUT2D eigenvalue weighted by Crippen LogP contribution is -2.59. The second kappa shape index (κ2) is 6.70. The number of amides is 2. The molecule has 2 aliphatic carbocycles. The van der Waals surface area contributed by atoms with E-state index in [9.17, 15) is 14.7 Å². The summed E-state index contributed by atoms with van der Waals surface area (Å²) in [6.07, 6.45) is 9.03. The van der Waals surface area contributed by atoms with Crippen molar-refractivity contribution in [2.24, 2.45) is 0 Å². The van der Waals surface area contributed by atoms with E-state index in [-0.39, 0.29) is 12.1 Å². The van der Waals surface area contributed by atoms with Gasteiger partial charge in [-0.2, -0.15) is 11.8 Å². The first-order valence-corrected chi connectivity index (χ1v) is 8.69. The number of nitrogens with one attached hydrogen (secondary N) is 2. The van der Waals surface area contributed by atoms with Crippen LogP contribution in [-0.2, 0) is 4.79 Å². The summed E-state index contributed by atoms with van der Waals surface area (Å²) in [5.74, 6) is -0.902. The normalized spacial score (nSPS) is 28.9. The SMILES string of the molecule is CSC1CCC(NC(=O)NC2(C(=O)O)CCCCC2)C1. The van der Waals surface area contributed by atoms with E-state index in [0.29, 0.717) is 18.1 Å². The van der Waals surface area contributed by atoms with E-state index in [1.807, 2.05) is 11.8 Å². The Hall–Kier alpha value is -0.910. The number of hydrogen-bond donors (Lipinski definition) is 3. The van der Waals surface area contributed by atoms with Crippen LogP contribution in [0.3, 0.4) is 0 Å². The fraction of sp³-hybridized carbons (Fsp3) is 0.857. The second-order valence-electron chi connectivity index (χ2n) is 5.91. The first-order valence-electron chi connectivity index (χ1n) is 7.40. The van der Waals surface area contributed by atoms with Crippen LogP contribution in [0.4, 0.5) is 4.79 Å². The molecule has 5 nitrogen and oxygen atoms in total. The smallest absolute Gasteiger partial charge is 0.329 e. The van der Waals surface area contributed by atoms with E-state index in [1.54, 1.807) is 0 Å². The molecule has 0 spiro atoms. The third kappa shape index (κ3) is 3.59.